The lowest BCUT2D eigenvalue weighted by atomic mass is 10.3. The zero-order valence-corrected chi connectivity index (χ0v) is 16.1. The monoisotopic (exact) mass is 366 g/mol. The zero-order valence-electron chi connectivity index (χ0n) is 14.5. The molecule has 0 atom stereocenters. The Kier molecular flexibility index (Phi) is 6.54. The molecule has 0 fully saturated rings. The number of fused-ring (bicyclic) bond motifs is 2. The second-order valence-corrected chi connectivity index (χ2v) is 8.30. The Bertz CT molecular complexity index is 572. The van der Waals surface area contributed by atoms with Crippen molar-refractivity contribution in [3.63, 3.8) is 0 Å². The molecular formula is C18H26N2O2S2. The normalized spacial score (nSPS) is 19.1. The molecular weight excluding hydrogens is 340 g/mol. The molecule has 6 heteroatoms. The molecule has 24 heavy (non-hydrogen) atoms. The van der Waals surface area contributed by atoms with Crippen molar-refractivity contribution in [1.29, 1.82) is 0 Å². The number of hydrogen-bond donors (Lipinski definition) is 0. The Morgan fingerprint density at radius 1 is 0.792 bits per heavy atom. The van der Waals surface area contributed by atoms with E-state index in [9.17, 15) is 0 Å². The maximum absolute atomic E-state index is 5.97. The Morgan fingerprint density at radius 3 is 1.71 bits per heavy atom. The highest BCUT2D eigenvalue weighted by Gasteiger charge is 2.12. The first-order chi connectivity index (χ1) is 11.7. The number of likely N-dealkylation sites (N-methyl/N-ethyl adjacent to an activating group) is 2. The number of nitrogens with zero attached hydrogens (tertiary/aromatic N) is 2. The minimum absolute atomic E-state index is 0.760. The summed E-state index contributed by atoms with van der Waals surface area (Å²) < 4.78 is 11.9. The Labute approximate surface area is 152 Å². The first-order valence-electron chi connectivity index (χ1n) is 8.48. The predicted octanol–water partition coefficient (Wildman–Crippen LogP) is 3.92. The van der Waals surface area contributed by atoms with Gasteiger partial charge >= 0.3 is 0 Å². The van der Waals surface area contributed by atoms with Crippen molar-refractivity contribution in [1.82, 2.24) is 9.80 Å². The molecule has 2 aromatic rings. The van der Waals surface area contributed by atoms with Crippen molar-refractivity contribution >= 4 is 22.7 Å². The van der Waals surface area contributed by atoms with Crippen LogP contribution in [0.4, 0.5) is 0 Å². The molecule has 1 aliphatic rings. The van der Waals surface area contributed by atoms with Crippen molar-refractivity contribution in [2.45, 2.75) is 25.9 Å². The predicted molar refractivity (Wildman–Crippen MR) is 102 cm³/mol. The highest BCUT2D eigenvalue weighted by Crippen LogP contribution is 2.28. The number of thiophene rings is 2. The average molecular weight is 367 g/mol. The first kappa shape index (κ1) is 17.7. The van der Waals surface area contributed by atoms with E-state index in [4.69, 9.17) is 9.47 Å². The van der Waals surface area contributed by atoms with Crippen molar-refractivity contribution in [3.05, 3.63) is 32.6 Å². The van der Waals surface area contributed by atoms with Crippen molar-refractivity contribution < 1.29 is 9.47 Å². The molecule has 4 nitrogen and oxygen atoms in total. The van der Waals surface area contributed by atoms with Gasteiger partial charge in [-0.1, -0.05) is 0 Å². The standard InChI is InChI=1S/C18H26N2O2S2/c1-19-7-8-20(2)14-18-16(6-12-24-18)22-10-4-3-9-21-15-5-11-23-17(15)13-19/h5-6,11-12H,3-4,7-10,13-14H2,1-2H3. The van der Waals surface area contributed by atoms with Gasteiger partial charge in [-0.05, 0) is 49.8 Å². The van der Waals surface area contributed by atoms with Gasteiger partial charge in [0.1, 0.15) is 11.5 Å². The van der Waals surface area contributed by atoms with Crippen LogP contribution in [-0.4, -0.2) is 50.2 Å². The summed E-state index contributed by atoms with van der Waals surface area (Å²) in [5.74, 6) is 2.10. The van der Waals surface area contributed by atoms with Gasteiger partial charge in [-0.25, -0.2) is 0 Å². The van der Waals surface area contributed by atoms with Gasteiger partial charge in [0.25, 0.3) is 0 Å². The van der Waals surface area contributed by atoms with Crippen molar-refractivity contribution in [3.8, 4) is 11.5 Å². The number of ether oxygens (including phenoxy) is 2. The molecule has 3 heterocycles. The summed E-state index contributed by atoms with van der Waals surface area (Å²) in [5.41, 5.74) is 0. The summed E-state index contributed by atoms with van der Waals surface area (Å²) in [6, 6.07) is 4.19. The molecule has 0 spiro atoms. The van der Waals surface area contributed by atoms with Crippen molar-refractivity contribution in [2.24, 2.45) is 0 Å². The summed E-state index contributed by atoms with van der Waals surface area (Å²) in [4.78, 5) is 7.38. The van der Waals surface area contributed by atoms with E-state index in [0.717, 1.165) is 63.7 Å². The van der Waals surface area contributed by atoms with Gasteiger partial charge in [0, 0.05) is 26.2 Å². The first-order valence-corrected chi connectivity index (χ1v) is 10.2. The quantitative estimate of drug-likeness (QED) is 0.705. The van der Waals surface area contributed by atoms with Gasteiger partial charge in [0.05, 0.1) is 23.0 Å². The van der Waals surface area contributed by atoms with Gasteiger partial charge in [-0.3, -0.25) is 9.80 Å². The van der Waals surface area contributed by atoms with E-state index in [0.29, 0.717) is 0 Å². The molecule has 1 aliphatic heterocycles. The van der Waals surface area contributed by atoms with E-state index in [1.165, 1.54) is 9.75 Å². The summed E-state index contributed by atoms with van der Waals surface area (Å²) in [7, 11) is 4.36. The Hall–Kier alpha value is -1.08. The van der Waals surface area contributed by atoms with Crippen LogP contribution in [0.5, 0.6) is 11.5 Å². The largest absolute Gasteiger partial charge is 0.492 e. The molecule has 132 valence electrons. The molecule has 0 aromatic carbocycles. The van der Waals surface area contributed by atoms with Crippen LogP contribution in [0.15, 0.2) is 22.9 Å². The molecule has 0 amide bonds. The third kappa shape index (κ3) is 4.96. The van der Waals surface area contributed by atoms with E-state index < -0.39 is 0 Å². The number of hydrogen-bond acceptors (Lipinski definition) is 6. The summed E-state index contributed by atoms with van der Waals surface area (Å²) in [6.07, 6.45) is 2.04. The smallest absolute Gasteiger partial charge is 0.134 e. The summed E-state index contributed by atoms with van der Waals surface area (Å²) >= 11 is 3.57. The van der Waals surface area contributed by atoms with Crippen LogP contribution >= 0.6 is 22.7 Å². The maximum Gasteiger partial charge on any atom is 0.134 e. The van der Waals surface area contributed by atoms with Crippen LogP contribution in [-0.2, 0) is 13.1 Å². The van der Waals surface area contributed by atoms with Crippen LogP contribution < -0.4 is 9.47 Å². The van der Waals surface area contributed by atoms with Gasteiger partial charge in [0.15, 0.2) is 0 Å². The third-order valence-corrected chi connectivity index (χ3v) is 5.93. The fourth-order valence-electron chi connectivity index (χ4n) is 2.70. The second-order valence-electron chi connectivity index (χ2n) is 6.30. The average Bonchev–Trinajstić information content (AvgIpc) is 3.18. The lowest BCUT2D eigenvalue weighted by Crippen LogP contribution is -2.30. The SMILES string of the molecule is CN1CCN(C)Cc2sccc2OCCCCOc2ccsc2C1. The second kappa shape index (κ2) is 8.85. The van der Waals surface area contributed by atoms with Gasteiger partial charge in [-0.2, -0.15) is 0 Å². The van der Waals surface area contributed by atoms with Crippen LogP contribution in [0, 0.1) is 0 Å². The van der Waals surface area contributed by atoms with Crippen LogP contribution in [0.2, 0.25) is 0 Å². The third-order valence-electron chi connectivity index (χ3n) is 4.15. The molecule has 0 radical (unpaired) electrons. The van der Waals surface area contributed by atoms with E-state index in [2.05, 4.69) is 46.8 Å². The summed E-state index contributed by atoms with van der Waals surface area (Å²) in [5, 5.41) is 4.25. The highest BCUT2D eigenvalue weighted by atomic mass is 32.1. The van der Waals surface area contributed by atoms with Crippen LogP contribution in [0.1, 0.15) is 22.6 Å². The lowest BCUT2D eigenvalue weighted by molar-refractivity contribution is 0.233. The van der Waals surface area contributed by atoms with E-state index in [1.807, 2.05) is 0 Å². The molecule has 0 N–H and O–H groups in total. The van der Waals surface area contributed by atoms with E-state index in [1.54, 1.807) is 22.7 Å². The molecule has 0 aliphatic carbocycles. The number of rotatable bonds is 0. The van der Waals surface area contributed by atoms with Crippen LogP contribution in [0.25, 0.3) is 0 Å². The minimum Gasteiger partial charge on any atom is -0.492 e. The summed E-state index contributed by atoms with van der Waals surface area (Å²) in [6.45, 7) is 5.50. The topological polar surface area (TPSA) is 24.9 Å². The lowest BCUT2D eigenvalue weighted by Gasteiger charge is -2.22. The molecule has 3 rings (SSSR count). The molecule has 2 aromatic heterocycles. The van der Waals surface area contributed by atoms with Gasteiger partial charge in [0.2, 0.25) is 0 Å². The fraction of sp³-hybridized carbons (Fsp3) is 0.556. The molecule has 0 bridgehead atoms. The molecule has 0 saturated heterocycles. The maximum atomic E-state index is 5.97. The fourth-order valence-corrected chi connectivity index (χ4v) is 4.49. The van der Waals surface area contributed by atoms with E-state index in [-0.39, 0.29) is 0 Å². The van der Waals surface area contributed by atoms with Crippen LogP contribution in [0.3, 0.4) is 0 Å². The molecule has 0 unspecified atom stereocenters. The molecule has 0 saturated carbocycles. The van der Waals surface area contributed by atoms with Gasteiger partial charge < -0.3 is 9.47 Å². The zero-order chi connectivity index (χ0) is 16.8. The Morgan fingerprint density at radius 2 is 1.25 bits per heavy atom. The highest BCUT2D eigenvalue weighted by molar-refractivity contribution is 7.10. The Balaban J connectivity index is 1.65. The van der Waals surface area contributed by atoms with E-state index >= 15 is 0 Å². The van der Waals surface area contributed by atoms with Gasteiger partial charge in [-0.15, -0.1) is 22.7 Å². The van der Waals surface area contributed by atoms with Crippen molar-refractivity contribution in [2.75, 3.05) is 40.4 Å². The minimum atomic E-state index is 0.760.